The minimum atomic E-state index is -4.58. The van der Waals surface area contributed by atoms with Gasteiger partial charge in [-0.15, -0.1) is 0 Å². The van der Waals surface area contributed by atoms with Gasteiger partial charge in [0.05, 0.1) is 12.8 Å². The first kappa shape index (κ1) is 18.5. The Labute approximate surface area is 147 Å². The maximum absolute atomic E-state index is 12.7. The lowest BCUT2D eigenvalue weighted by atomic mass is 10.1. The van der Waals surface area contributed by atoms with Gasteiger partial charge in [-0.2, -0.15) is 18.3 Å². The molecule has 3 rings (SSSR count). The van der Waals surface area contributed by atoms with Crippen molar-refractivity contribution in [2.45, 2.75) is 25.2 Å². The van der Waals surface area contributed by atoms with Crippen molar-refractivity contribution in [3.63, 3.8) is 0 Å². The molecule has 2 N–H and O–H groups in total. The number of alkyl halides is 3. The van der Waals surface area contributed by atoms with E-state index in [-0.39, 0.29) is 18.3 Å². The van der Waals surface area contributed by atoms with E-state index in [1.165, 1.54) is 4.90 Å². The molecule has 142 valence electrons. The molecule has 1 aliphatic rings. The maximum Gasteiger partial charge on any atom is 0.432 e. The second kappa shape index (κ2) is 7.50. The highest BCUT2D eigenvalue weighted by Crippen LogP contribution is 2.28. The van der Waals surface area contributed by atoms with Gasteiger partial charge in [-0.1, -0.05) is 0 Å². The number of H-pyrrole nitrogens is 1. The first-order valence-corrected chi connectivity index (χ1v) is 8.17. The summed E-state index contributed by atoms with van der Waals surface area (Å²) in [6.07, 6.45) is -2.56. The topological polar surface area (TPSA) is 85.6 Å². The lowest BCUT2D eigenvalue weighted by molar-refractivity contribution is -0.141. The molecular formula is C16H19F3N4O3. The molecule has 0 saturated carbocycles. The molecule has 0 aliphatic carbocycles. The van der Waals surface area contributed by atoms with E-state index in [1.807, 2.05) is 11.2 Å². The third-order valence-corrected chi connectivity index (χ3v) is 4.40. The van der Waals surface area contributed by atoms with Crippen LogP contribution < -0.4 is 0 Å². The monoisotopic (exact) mass is 372 g/mol. The van der Waals surface area contributed by atoms with Crippen LogP contribution in [0, 0.1) is 0 Å². The van der Waals surface area contributed by atoms with Crippen molar-refractivity contribution in [2.75, 3.05) is 26.2 Å². The van der Waals surface area contributed by atoms with Gasteiger partial charge in [0.2, 0.25) is 0 Å². The number of carbonyl (C=O) groups excluding carboxylic acids is 1. The number of carbonyl (C=O) groups is 1. The summed E-state index contributed by atoms with van der Waals surface area (Å²) in [6.45, 7) is 1.67. The molecule has 0 bridgehead atoms. The minimum absolute atomic E-state index is 0.0536. The Morgan fingerprint density at radius 3 is 2.85 bits per heavy atom. The van der Waals surface area contributed by atoms with Gasteiger partial charge < -0.3 is 14.4 Å². The number of amides is 1. The fourth-order valence-electron chi connectivity index (χ4n) is 3.05. The molecule has 2 aromatic heterocycles. The highest BCUT2D eigenvalue weighted by atomic mass is 19.4. The molecule has 0 aromatic carbocycles. The van der Waals surface area contributed by atoms with Crippen LogP contribution in [-0.2, 0) is 12.7 Å². The van der Waals surface area contributed by atoms with E-state index in [0.717, 1.165) is 11.8 Å². The van der Waals surface area contributed by atoms with E-state index in [2.05, 4.69) is 10.00 Å². The summed E-state index contributed by atoms with van der Waals surface area (Å²) < 4.78 is 43.3. The van der Waals surface area contributed by atoms with Gasteiger partial charge in [-0.25, -0.2) is 0 Å². The zero-order chi connectivity index (χ0) is 18.7. The molecule has 1 aliphatic heterocycles. The second-order valence-corrected chi connectivity index (χ2v) is 6.13. The second-order valence-electron chi connectivity index (χ2n) is 6.13. The molecule has 1 saturated heterocycles. The molecule has 10 heteroatoms. The number of halogens is 3. The van der Waals surface area contributed by atoms with E-state index >= 15 is 0 Å². The SMILES string of the molecule is O=C(c1cc(C(F)(F)F)[nH]n1)N1CCN(Cc2ccco2)[C@@H](CCO)C1. The number of hydrogen-bond acceptors (Lipinski definition) is 5. The van der Waals surface area contributed by atoms with Crippen molar-refractivity contribution >= 4 is 5.91 Å². The van der Waals surface area contributed by atoms with Gasteiger partial charge >= 0.3 is 6.18 Å². The lowest BCUT2D eigenvalue weighted by Crippen LogP contribution is -2.54. The zero-order valence-corrected chi connectivity index (χ0v) is 13.9. The smallest absolute Gasteiger partial charge is 0.432 e. The van der Waals surface area contributed by atoms with Crippen LogP contribution in [0.4, 0.5) is 13.2 Å². The van der Waals surface area contributed by atoms with Gasteiger partial charge in [-0.3, -0.25) is 14.8 Å². The van der Waals surface area contributed by atoms with E-state index < -0.39 is 17.8 Å². The van der Waals surface area contributed by atoms with E-state index in [9.17, 15) is 23.1 Å². The average Bonchev–Trinajstić information content (AvgIpc) is 3.27. The van der Waals surface area contributed by atoms with E-state index in [4.69, 9.17) is 4.42 Å². The van der Waals surface area contributed by atoms with Crippen LogP contribution in [0.5, 0.6) is 0 Å². The molecule has 26 heavy (non-hydrogen) atoms. The molecule has 0 radical (unpaired) electrons. The van der Waals surface area contributed by atoms with Gasteiger partial charge in [-0.05, 0) is 18.6 Å². The minimum Gasteiger partial charge on any atom is -0.468 e. The van der Waals surface area contributed by atoms with Crippen molar-refractivity contribution < 1.29 is 27.5 Å². The van der Waals surface area contributed by atoms with Crippen LogP contribution in [0.25, 0.3) is 0 Å². The standard InChI is InChI=1S/C16H19F3N4O3/c17-16(18,19)14-8-13(20-21-14)15(25)23-5-4-22(11(9-23)3-6-24)10-12-2-1-7-26-12/h1-2,7-8,11,24H,3-6,9-10H2,(H,20,21)/t11-/m0/s1. The Kier molecular flexibility index (Phi) is 5.33. The normalized spacial score (nSPS) is 19.1. The molecular weight excluding hydrogens is 353 g/mol. The highest BCUT2D eigenvalue weighted by molar-refractivity contribution is 5.92. The molecule has 0 unspecified atom stereocenters. The van der Waals surface area contributed by atoms with Crippen LogP contribution in [0.2, 0.25) is 0 Å². The van der Waals surface area contributed by atoms with Crippen molar-refractivity contribution in [1.29, 1.82) is 0 Å². The predicted octanol–water partition coefficient (Wildman–Crippen LogP) is 1.73. The summed E-state index contributed by atoms with van der Waals surface area (Å²) >= 11 is 0. The number of aromatic amines is 1. The fourth-order valence-corrected chi connectivity index (χ4v) is 3.05. The predicted molar refractivity (Wildman–Crippen MR) is 84.1 cm³/mol. The molecule has 3 heterocycles. The number of aromatic nitrogens is 2. The van der Waals surface area contributed by atoms with Crippen LogP contribution in [0.1, 0.15) is 28.4 Å². The summed E-state index contributed by atoms with van der Waals surface area (Å²) in [4.78, 5) is 16.0. The molecule has 1 amide bonds. The summed E-state index contributed by atoms with van der Waals surface area (Å²) in [5.41, 5.74) is -1.32. The number of piperazine rings is 1. The van der Waals surface area contributed by atoms with Gasteiger partial charge in [0.1, 0.15) is 11.5 Å². The summed E-state index contributed by atoms with van der Waals surface area (Å²) in [5, 5.41) is 14.7. The van der Waals surface area contributed by atoms with Gasteiger partial charge in [0, 0.05) is 38.3 Å². The van der Waals surface area contributed by atoms with Crippen LogP contribution in [0.3, 0.4) is 0 Å². The van der Waals surface area contributed by atoms with Crippen LogP contribution in [0.15, 0.2) is 28.9 Å². The van der Waals surface area contributed by atoms with Crippen LogP contribution >= 0.6 is 0 Å². The summed E-state index contributed by atoms with van der Waals surface area (Å²) in [7, 11) is 0. The third kappa shape index (κ3) is 4.07. The number of nitrogens with zero attached hydrogens (tertiary/aromatic N) is 3. The lowest BCUT2D eigenvalue weighted by Gasteiger charge is -2.40. The number of aliphatic hydroxyl groups excluding tert-OH is 1. The Morgan fingerprint density at radius 1 is 1.42 bits per heavy atom. The van der Waals surface area contributed by atoms with Gasteiger partial charge in [0.15, 0.2) is 5.69 Å². The largest absolute Gasteiger partial charge is 0.468 e. The summed E-state index contributed by atoms with van der Waals surface area (Å²) in [5.74, 6) is 0.215. The third-order valence-electron chi connectivity index (χ3n) is 4.40. The van der Waals surface area contributed by atoms with E-state index in [0.29, 0.717) is 32.6 Å². The van der Waals surface area contributed by atoms with Crippen LogP contribution in [-0.4, -0.2) is 63.3 Å². The molecule has 1 fully saturated rings. The Balaban J connectivity index is 1.68. The van der Waals surface area contributed by atoms with E-state index in [1.54, 1.807) is 12.3 Å². The Morgan fingerprint density at radius 2 is 2.23 bits per heavy atom. The number of hydrogen-bond donors (Lipinski definition) is 2. The molecule has 1 atom stereocenters. The first-order valence-electron chi connectivity index (χ1n) is 8.17. The zero-order valence-electron chi connectivity index (χ0n) is 13.9. The molecule has 0 spiro atoms. The first-order chi connectivity index (χ1) is 12.4. The highest BCUT2D eigenvalue weighted by Gasteiger charge is 2.35. The van der Waals surface area contributed by atoms with Crippen molar-refractivity contribution in [1.82, 2.24) is 20.0 Å². The number of aliphatic hydroxyl groups is 1. The van der Waals surface area contributed by atoms with Crippen molar-refractivity contribution in [3.8, 4) is 0 Å². The summed E-state index contributed by atoms with van der Waals surface area (Å²) in [6, 6.07) is 4.23. The Hall–Kier alpha value is -2.33. The van der Waals surface area contributed by atoms with Crippen molar-refractivity contribution in [3.05, 3.63) is 41.6 Å². The number of rotatable bonds is 5. The average molecular weight is 372 g/mol. The molecule has 2 aromatic rings. The quantitative estimate of drug-likeness (QED) is 0.835. The fraction of sp³-hybridized carbons (Fsp3) is 0.500. The Bertz CT molecular complexity index is 729. The maximum atomic E-state index is 12.7. The van der Waals surface area contributed by atoms with Crippen molar-refractivity contribution in [2.24, 2.45) is 0 Å². The number of furan rings is 1. The molecule has 7 nitrogen and oxygen atoms in total. The van der Waals surface area contributed by atoms with Gasteiger partial charge in [0.25, 0.3) is 5.91 Å². The number of nitrogens with one attached hydrogen (secondary N) is 1.